The molecule has 3 unspecified atom stereocenters. The molecule has 37 heavy (non-hydrogen) atoms. The Labute approximate surface area is 229 Å². The second kappa shape index (κ2) is 28.1. The average molecular weight is 526 g/mol. The van der Waals surface area contributed by atoms with Crippen molar-refractivity contribution in [1.82, 2.24) is 5.32 Å². The number of allylic oxidation sites excluding steroid dienone is 2. The summed E-state index contributed by atoms with van der Waals surface area (Å²) in [5.41, 5.74) is 0. The Hall–Kier alpha value is -0.910. The van der Waals surface area contributed by atoms with Gasteiger partial charge in [-0.1, -0.05) is 142 Å². The van der Waals surface area contributed by atoms with Gasteiger partial charge >= 0.3 is 0 Å². The molecule has 0 aliphatic carbocycles. The van der Waals surface area contributed by atoms with Crippen LogP contribution in [0.25, 0.3) is 0 Å². The van der Waals surface area contributed by atoms with Crippen molar-refractivity contribution in [2.24, 2.45) is 0 Å². The van der Waals surface area contributed by atoms with Gasteiger partial charge in [0, 0.05) is 0 Å². The molecule has 1 amide bonds. The molecule has 0 saturated carbocycles. The highest BCUT2D eigenvalue weighted by Gasteiger charge is 2.23. The number of hydrogen-bond donors (Lipinski definition) is 4. The van der Waals surface area contributed by atoms with E-state index >= 15 is 0 Å². The molecule has 0 aromatic rings. The standard InChI is InChI=1S/C32H63NO4/c1-3-5-7-9-11-13-14-15-16-17-19-20-22-24-26-30(35)29(28-34)33-32(37)31(36)27-25-23-21-18-12-10-8-6-4-2/h10,12,29-31,34-36H,3-9,11,13-28H2,1-2H3,(H,33,37)/b12-10-. The number of rotatable bonds is 28. The minimum atomic E-state index is -1.08. The van der Waals surface area contributed by atoms with Crippen LogP contribution >= 0.6 is 0 Å². The summed E-state index contributed by atoms with van der Waals surface area (Å²) in [6.07, 6.45) is 29.1. The molecule has 5 heteroatoms. The summed E-state index contributed by atoms with van der Waals surface area (Å²) in [5, 5.41) is 32.9. The van der Waals surface area contributed by atoms with Crippen LogP contribution in [0.15, 0.2) is 12.2 Å². The lowest BCUT2D eigenvalue weighted by molar-refractivity contribution is -0.131. The highest BCUT2D eigenvalue weighted by Crippen LogP contribution is 2.15. The van der Waals surface area contributed by atoms with E-state index in [1.165, 1.54) is 89.9 Å². The molecular formula is C32H63NO4. The van der Waals surface area contributed by atoms with E-state index < -0.39 is 24.2 Å². The summed E-state index contributed by atoms with van der Waals surface area (Å²) in [5.74, 6) is -0.487. The van der Waals surface area contributed by atoms with Crippen molar-refractivity contribution in [1.29, 1.82) is 0 Å². The predicted molar refractivity (Wildman–Crippen MR) is 158 cm³/mol. The molecule has 4 N–H and O–H groups in total. The predicted octanol–water partition coefficient (Wildman–Crippen LogP) is 7.75. The molecule has 0 aromatic heterocycles. The van der Waals surface area contributed by atoms with Gasteiger partial charge in [-0.05, 0) is 32.1 Å². The van der Waals surface area contributed by atoms with Crippen molar-refractivity contribution in [3.63, 3.8) is 0 Å². The van der Waals surface area contributed by atoms with Crippen LogP contribution in [-0.4, -0.2) is 46.1 Å². The number of nitrogens with one attached hydrogen (secondary N) is 1. The molecule has 5 nitrogen and oxygen atoms in total. The van der Waals surface area contributed by atoms with E-state index in [1.807, 2.05) is 0 Å². The van der Waals surface area contributed by atoms with E-state index in [9.17, 15) is 20.1 Å². The summed E-state index contributed by atoms with van der Waals surface area (Å²) < 4.78 is 0. The fourth-order valence-corrected chi connectivity index (χ4v) is 4.76. The summed E-state index contributed by atoms with van der Waals surface area (Å²) in [4.78, 5) is 12.3. The zero-order chi connectivity index (χ0) is 27.4. The molecule has 0 rings (SSSR count). The maximum atomic E-state index is 12.3. The number of aliphatic hydroxyl groups is 3. The number of carbonyl (C=O) groups excluding carboxylic acids is 1. The maximum Gasteiger partial charge on any atom is 0.249 e. The van der Waals surface area contributed by atoms with E-state index in [2.05, 4.69) is 31.3 Å². The Bertz CT molecular complexity index is 511. The molecule has 220 valence electrons. The van der Waals surface area contributed by atoms with Crippen LogP contribution in [-0.2, 0) is 4.79 Å². The van der Waals surface area contributed by atoms with Gasteiger partial charge in [-0.15, -0.1) is 0 Å². The third-order valence-corrected chi connectivity index (χ3v) is 7.38. The Morgan fingerprint density at radius 3 is 1.57 bits per heavy atom. The number of hydrogen-bond acceptors (Lipinski definition) is 4. The molecule has 0 saturated heterocycles. The van der Waals surface area contributed by atoms with Crippen molar-refractivity contribution in [3.05, 3.63) is 12.2 Å². The number of amides is 1. The van der Waals surface area contributed by atoms with E-state index in [0.29, 0.717) is 12.8 Å². The second-order valence-corrected chi connectivity index (χ2v) is 11.0. The quantitative estimate of drug-likeness (QED) is 0.0621. The molecule has 0 aliphatic rings. The van der Waals surface area contributed by atoms with Crippen LogP contribution in [0.1, 0.15) is 162 Å². The van der Waals surface area contributed by atoms with Gasteiger partial charge in [0.15, 0.2) is 0 Å². The van der Waals surface area contributed by atoms with Crippen LogP contribution in [0, 0.1) is 0 Å². The molecule has 0 spiro atoms. The van der Waals surface area contributed by atoms with Gasteiger partial charge in [0.1, 0.15) is 6.10 Å². The molecule has 0 bridgehead atoms. The fourth-order valence-electron chi connectivity index (χ4n) is 4.76. The first-order valence-electron chi connectivity index (χ1n) is 16.0. The van der Waals surface area contributed by atoms with Gasteiger partial charge < -0.3 is 20.6 Å². The minimum absolute atomic E-state index is 0.317. The largest absolute Gasteiger partial charge is 0.394 e. The molecule has 0 aliphatic heterocycles. The summed E-state index contributed by atoms with van der Waals surface area (Å²) in [6.45, 7) is 4.14. The SMILES string of the molecule is CCCC/C=C\CCCCCC(O)C(=O)NC(CO)C(O)CCCCCCCCCCCCCCCC. The summed E-state index contributed by atoms with van der Waals surface area (Å²) in [7, 11) is 0. The van der Waals surface area contributed by atoms with Crippen LogP contribution in [0.2, 0.25) is 0 Å². The number of aliphatic hydroxyl groups excluding tert-OH is 3. The second-order valence-electron chi connectivity index (χ2n) is 11.0. The van der Waals surface area contributed by atoms with Gasteiger partial charge in [0.05, 0.1) is 18.8 Å². The highest BCUT2D eigenvalue weighted by atomic mass is 16.3. The Balaban J connectivity index is 3.74. The summed E-state index contributed by atoms with van der Waals surface area (Å²) in [6, 6.07) is -0.711. The first kappa shape index (κ1) is 36.1. The van der Waals surface area contributed by atoms with Crippen LogP contribution in [0.3, 0.4) is 0 Å². The lowest BCUT2D eigenvalue weighted by Gasteiger charge is -2.23. The summed E-state index contributed by atoms with van der Waals surface area (Å²) >= 11 is 0. The van der Waals surface area contributed by atoms with Gasteiger partial charge in [-0.2, -0.15) is 0 Å². The van der Waals surface area contributed by atoms with Crippen molar-refractivity contribution in [2.45, 2.75) is 180 Å². The third-order valence-electron chi connectivity index (χ3n) is 7.38. The number of unbranched alkanes of at least 4 members (excludes halogenated alkanes) is 18. The van der Waals surface area contributed by atoms with Gasteiger partial charge in [-0.25, -0.2) is 0 Å². The average Bonchev–Trinajstić information content (AvgIpc) is 2.90. The number of carbonyl (C=O) groups is 1. The van der Waals surface area contributed by atoms with E-state index in [-0.39, 0.29) is 6.61 Å². The lowest BCUT2D eigenvalue weighted by Crippen LogP contribution is -2.49. The monoisotopic (exact) mass is 525 g/mol. The minimum Gasteiger partial charge on any atom is -0.394 e. The maximum absolute atomic E-state index is 12.3. The lowest BCUT2D eigenvalue weighted by atomic mass is 10.0. The van der Waals surface area contributed by atoms with Crippen LogP contribution in [0.4, 0.5) is 0 Å². The zero-order valence-electron chi connectivity index (χ0n) is 24.6. The zero-order valence-corrected chi connectivity index (χ0v) is 24.6. The van der Waals surface area contributed by atoms with E-state index in [1.54, 1.807) is 0 Å². The van der Waals surface area contributed by atoms with Crippen LogP contribution in [0.5, 0.6) is 0 Å². The molecule has 0 fully saturated rings. The Kier molecular flexibility index (Phi) is 27.4. The first-order valence-corrected chi connectivity index (χ1v) is 16.0. The Morgan fingerprint density at radius 2 is 1.05 bits per heavy atom. The van der Waals surface area contributed by atoms with Gasteiger partial charge in [0.25, 0.3) is 0 Å². The molecule has 0 aromatic carbocycles. The van der Waals surface area contributed by atoms with Gasteiger partial charge in [-0.3, -0.25) is 4.79 Å². The molecular weight excluding hydrogens is 462 g/mol. The fraction of sp³-hybridized carbons (Fsp3) is 0.906. The van der Waals surface area contributed by atoms with Gasteiger partial charge in [0.2, 0.25) is 5.91 Å². The highest BCUT2D eigenvalue weighted by molar-refractivity contribution is 5.80. The smallest absolute Gasteiger partial charge is 0.249 e. The Morgan fingerprint density at radius 1 is 0.622 bits per heavy atom. The molecule has 3 atom stereocenters. The molecule has 0 radical (unpaired) electrons. The van der Waals surface area contributed by atoms with Crippen molar-refractivity contribution < 1.29 is 20.1 Å². The first-order chi connectivity index (χ1) is 18.1. The van der Waals surface area contributed by atoms with Crippen molar-refractivity contribution >= 4 is 5.91 Å². The van der Waals surface area contributed by atoms with Crippen molar-refractivity contribution in [3.8, 4) is 0 Å². The topological polar surface area (TPSA) is 89.8 Å². The third kappa shape index (κ3) is 23.9. The molecule has 0 heterocycles. The van der Waals surface area contributed by atoms with Crippen LogP contribution < -0.4 is 5.32 Å². The van der Waals surface area contributed by atoms with E-state index in [0.717, 1.165) is 44.9 Å². The van der Waals surface area contributed by atoms with E-state index in [4.69, 9.17) is 0 Å². The van der Waals surface area contributed by atoms with Crippen molar-refractivity contribution in [2.75, 3.05) is 6.61 Å². The normalized spacial score (nSPS) is 14.2.